The zero-order chi connectivity index (χ0) is 12.8. The molecule has 0 radical (unpaired) electrons. The highest BCUT2D eigenvalue weighted by atomic mass is 32.2. The lowest BCUT2D eigenvalue weighted by Gasteiger charge is -2.15. The zero-order valence-electron chi connectivity index (χ0n) is 9.30. The third kappa shape index (κ3) is 5.99. The lowest BCUT2D eigenvalue weighted by Crippen LogP contribution is -2.36. The van der Waals surface area contributed by atoms with Gasteiger partial charge in [0.15, 0.2) is 0 Å². The molecule has 0 fully saturated rings. The molecule has 0 heterocycles. The van der Waals surface area contributed by atoms with Crippen LogP contribution in [0.4, 0.5) is 0 Å². The zero-order valence-corrected chi connectivity index (χ0v) is 10.9. The summed E-state index contributed by atoms with van der Waals surface area (Å²) in [5.74, 6) is -0.833. The van der Waals surface area contributed by atoms with Gasteiger partial charge < -0.3 is 10.5 Å². The maximum atomic E-state index is 11.6. The van der Waals surface area contributed by atoms with Crippen molar-refractivity contribution in [2.24, 2.45) is 5.73 Å². The van der Waals surface area contributed by atoms with Crippen molar-refractivity contribution >= 4 is 33.2 Å². The summed E-state index contributed by atoms with van der Waals surface area (Å²) in [4.78, 5) is 11.1. The van der Waals surface area contributed by atoms with E-state index in [2.05, 4.69) is 17.0 Å². The van der Waals surface area contributed by atoms with Gasteiger partial charge in [0, 0.05) is 7.05 Å². The Kier molecular flexibility index (Phi) is 6.46. The van der Waals surface area contributed by atoms with Crippen molar-refractivity contribution in [1.82, 2.24) is 4.31 Å². The van der Waals surface area contributed by atoms with Crippen LogP contribution in [0.5, 0.6) is 0 Å². The van der Waals surface area contributed by atoms with Gasteiger partial charge in [0.05, 0.1) is 30.3 Å². The Hall–Kier alpha value is -0.730. The molecule has 0 aromatic carbocycles. The van der Waals surface area contributed by atoms with Gasteiger partial charge in [-0.25, -0.2) is 8.42 Å². The topological polar surface area (TPSA) is 89.7 Å². The van der Waals surface area contributed by atoms with E-state index >= 15 is 0 Å². The number of sulfonamides is 1. The summed E-state index contributed by atoms with van der Waals surface area (Å²) in [7, 11) is -2.14. The Morgan fingerprint density at radius 1 is 1.50 bits per heavy atom. The molecule has 0 aliphatic rings. The van der Waals surface area contributed by atoms with Crippen LogP contribution in [0.1, 0.15) is 13.3 Å². The summed E-state index contributed by atoms with van der Waals surface area (Å²) in [6, 6.07) is 0. The lowest BCUT2D eigenvalue weighted by molar-refractivity contribution is -0.142. The summed E-state index contributed by atoms with van der Waals surface area (Å²) in [6.45, 7) is 1.87. The smallest absolute Gasteiger partial charge is 0.306 e. The number of carbonyl (C=O) groups excluding carboxylic acids is 1. The van der Waals surface area contributed by atoms with Crippen molar-refractivity contribution in [3.63, 3.8) is 0 Å². The van der Waals surface area contributed by atoms with Crippen LogP contribution in [0.2, 0.25) is 0 Å². The third-order valence-corrected chi connectivity index (χ3v) is 3.65. The first-order chi connectivity index (χ1) is 7.29. The van der Waals surface area contributed by atoms with E-state index in [9.17, 15) is 13.2 Å². The van der Waals surface area contributed by atoms with Gasteiger partial charge in [0.2, 0.25) is 10.0 Å². The second-order valence-electron chi connectivity index (χ2n) is 3.09. The Labute approximate surface area is 101 Å². The standard InChI is InChI=1S/C8H16N2O4S2/c1-3-14-8(11)4-5-16(12,13)10(2)6-7(9)15/h3-6H2,1-2H3,(H2,9,15). The number of rotatable bonds is 7. The molecule has 0 rings (SSSR count). The van der Waals surface area contributed by atoms with Crippen molar-refractivity contribution in [2.45, 2.75) is 13.3 Å². The number of carbonyl (C=O) groups is 1. The minimum Gasteiger partial charge on any atom is -0.466 e. The summed E-state index contributed by atoms with van der Waals surface area (Å²) in [5.41, 5.74) is 5.23. The minimum absolute atomic E-state index is 0.0273. The fourth-order valence-corrected chi connectivity index (χ4v) is 2.27. The van der Waals surface area contributed by atoms with E-state index in [4.69, 9.17) is 5.73 Å². The van der Waals surface area contributed by atoms with Crippen LogP contribution in [0.25, 0.3) is 0 Å². The van der Waals surface area contributed by atoms with E-state index < -0.39 is 16.0 Å². The number of nitrogens with zero attached hydrogens (tertiary/aromatic N) is 1. The molecular weight excluding hydrogens is 252 g/mol. The molecule has 0 spiro atoms. The fourth-order valence-electron chi connectivity index (χ4n) is 0.919. The molecular formula is C8H16N2O4S2. The molecule has 94 valence electrons. The third-order valence-electron chi connectivity index (χ3n) is 1.72. The highest BCUT2D eigenvalue weighted by Gasteiger charge is 2.20. The number of ether oxygens (including phenoxy) is 1. The number of hydrogen-bond donors (Lipinski definition) is 1. The quantitative estimate of drug-likeness (QED) is 0.494. The summed E-state index contributed by atoms with van der Waals surface area (Å²) >= 11 is 4.60. The number of nitrogens with two attached hydrogens (primary N) is 1. The van der Waals surface area contributed by atoms with Gasteiger partial charge in [-0.2, -0.15) is 4.31 Å². The second-order valence-corrected chi connectivity index (χ2v) is 5.81. The molecule has 0 aromatic heterocycles. The van der Waals surface area contributed by atoms with E-state index in [0.717, 1.165) is 4.31 Å². The normalized spacial score (nSPS) is 11.4. The van der Waals surface area contributed by atoms with Crippen molar-refractivity contribution in [3.05, 3.63) is 0 Å². The fraction of sp³-hybridized carbons (Fsp3) is 0.750. The Morgan fingerprint density at radius 2 is 2.06 bits per heavy atom. The van der Waals surface area contributed by atoms with E-state index in [1.165, 1.54) is 7.05 Å². The maximum Gasteiger partial charge on any atom is 0.306 e. The van der Waals surface area contributed by atoms with Gasteiger partial charge in [-0.05, 0) is 6.92 Å². The van der Waals surface area contributed by atoms with Gasteiger partial charge in [0.25, 0.3) is 0 Å². The number of likely N-dealkylation sites (N-methyl/N-ethyl adjacent to an activating group) is 1. The van der Waals surface area contributed by atoms with Crippen molar-refractivity contribution in [1.29, 1.82) is 0 Å². The monoisotopic (exact) mass is 268 g/mol. The molecule has 0 atom stereocenters. The van der Waals surface area contributed by atoms with Gasteiger partial charge >= 0.3 is 5.97 Å². The predicted molar refractivity (Wildman–Crippen MR) is 64.5 cm³/mol. The summed E-state index contributed by atoms with van der Waals surface area (Å²) in [6.07, 6.45) is -0.169. The number of esters is 1. The Balaban J connectivity index is 4.24. The minimum atomic E-state index is -3.50. The molecule has 2 N–H and O–H groups in total. The van der Waals surface area contributed by atoms with Crippen LogP contribution in [0, 0.1) is 0 Å². The Bertz CT molecular complexity index is 353. The van der Waals surface area contributed by atoms with Crippen LogP contribution in [0.3, 0.4) is 0 Å². The van der Waals surface area contributed by atoms with E-state index in [-0.39, 0.29) is 30.3 Å². The largest absolute Gasteiger partial charge is 0.466 e. The highest BCUT2D eigenvalue weighted by molar-refractivity contribution is 7.89. The molecule has 16 heavy (non-hydrogen) atoms. The molecule has 0 aliphatic heterocycles. The Morgan fingerprint density at radius 3 is 2.50 bits per heavy atom. The van der Waals surface area contributed by atoms with Crippen LogP contribution >= 0.6 is 12.2 Å². The summed E-state index contributed by atoms with van der Waals surface area (Å²) in [5, 5.41) is 0. The van der Waals surface area contributed by atoms with Gasteiger partial charge in [-0.3, -0.25) is 4.79 Å². The molecule has 0 saturated heterocycles. The average Bonchev–Trinajstić information content (AvgIpc) is 2.14. The van der Waals surface area contributed by atoms with Crippen LogP contribution < -0.4 is 5.73 Å². The molecule has 8 heteroatoms. The SMILES string of the molecule is CCOC(=O)CCS(=O)(=O)N(C)CC(N)=S. The lowest BCUT2D eigenvalue weighted by atomic mass is 10.5. The van der Waals surface area contributed by atoms with Crippen molar-refractivity contribution in [2.75, 3.05) is 26.0 Å². The highest BCUT2D eigenvalue weighted by Crippen LogP contribution is 2.01. The second kappa shape index (κ2) is 6.77. The number of hydrogen-bond acceptors (Lipinski definition) is 5. The molecule has 0 bridgehead atoms. The maximum absolute atomic E-state index is 11.6. The van der Waals surface area contributed by atoms with E-state index in [1.54, 1.807) is 6.92 Å². The first-order valence-electron chi connectivity index (χ1n) is 4.67. The molecule has 0 aromatic rings. The molecule has 0 aliphatic carbocycles. The van der Waals surface area contributed by atoms with Crippen LogP contribution in [-0.4, -0.2) is 49.6 Å². The molecule has 0 amide bonds. The van der Waals surface area contributed by atoms with Crippen molar-refractivity contribution < 1.29 is 17.9 Å². The van der Waals surface area contributed by atoms with Crippen LogP contribution in [0.15, 0.2) is 0 Å². The van der Waals surface area contributed by atoms with Crippen LogP contribution in [-0.2, 0) is 19.6 Å². The molecule has 6 nitrogen and oxygen atoms in total. The first kappa shape index (κ1) is 15.3. The van der Waals surface area contributed by atoms with E-state index in [1.807, 2.05) is 0 Å². The van der Waals surface area contributed by atoms with E-state index in [0.29, 0.717) is 0 Å². The first-order valence-corrected chi connectivity index (χ1v) is 6.69. The molecule has 0 saturated carbocycles. The molecule has 0 unspecified atom stereocenters. The van der Waals surface area contributed by atoms with Gasteiger partial charge in [-0.1, -0.05) is 12.2 Å². The summed E-state index contributed by atoms with van der Waals surface area (Å²) < 4.78 is 28.8. The predicted octanol–water partition coefficient (Wildman–Crippen LogP) is -0.513. The van der Waals surface area contributed by atoms with Crippen molar-refractivity contribution in [3.8, 4) is 0 Å². The van der Waals surface area contributed by atoms with Gasteiger partial charge in [-0.15, -0.1) is 0 Å². The van der Waals surface area contributed by atoms with Gasteiger partial charge in [0.1, 0.15) is 0 Å². The number of thiocarbonyl (C=S) groups is 1. The average molecular weight is 268 g/mol.